The van der Waals surface area contributed by atoms with Crippen LogP contribution in [0.3, 0.4) is 0 Å². The molecule has 0 fully saturated rings. The average molecular weight is 701 g/mol. The molecule has 0 spiro atoms. The van der Waals surface area contributed by atoms with E-state index in [0.717, 1.165) is 11.8 Å². The summed E-state index contributed by atoms with van der Waals surface area (Å²) >= 11 is 0. The molecule has 0 radical (unpaired) electrons. The van der Waals surface area contributed by atoms with E-state index in [9.17, 15) is 26.3 Å². The fourth-order valence-corrected chi connectivity index (χ4v) is 2.41. The van der Waals surface area contributed by atoms with Crippen molar-refractivity contribution in [3.05, 3.63) is 0 Å². The van der Waals surface area contributed by atoms with Crippen LogP contribution in [0.5, 0.6) is 0 Å². The molecule has 0 aromatic rings. The van der Waals surface area contributed by atoms with Crippen LogP contribution in [0.4, 0.5) is 26.3 Å². The van der Waals surface area contributed by atoms with E-state index in [2.05, 4.69) is 55.4 Å². The molecule has 0 aromatic carbocycles. The first-order chi connectivity index (χ1) is 15.9. The molecule has 38 heavy (non-hydrogen) atoms. The number of rotatable bonds is 2. The second-order valence-corrected chi connectivity index (χ2v) is 13.5. The molecule has 0 unspecified atom stereocenters. The molecule has 2 N–H and O–H groups in total. The van der Waals surface area contributed by atoms with Gasteiger partial charge in [0.15, 0.2) is 11.8 Å². The zero-order valence-electron chi connectivity index (χ0n) is 21.7. The average Bonchev–Trinajstić information content (AvgIpc) is 3.29. The van der Waals surface area contributed by atoms with Crippen molar-refractivity contribution in [2.24, 2.45) is 26.2 Å². The number of ether oxygens (including phenoxy) is 2. The van der Waals surface area contributed by atoms with Crippen LogP contribution in [0.25, 0.3) is 0 Å². The minimum absolute atomic E-state index is 0. The number of halogens is 6. The van der Waals surface area contributed by atoms with Gasteiger partial charge in [0.1, 0.15) is 18.6 Å². The van der Waals surface area contributed by atoms with E-state index < -0.39 is 31.3 Å². The molecule has 2 atom stereocenters. The molecule has 0 aliphatic carbocycles. The van der Waals surface area contributed by atoms with Crippen LogP contribution in [-0.2, 0) is 50.1 Å². The third-order valence-corrected chi connectivity index (χ3v) is 6.13. The first kappa shape index (κ1) is 39.1. The van der Waals surface area contributed by atoms with Crippen molar-refractivity contribution in [2.75, 3.05) is 13.2 Å². The van der Waals surface area contributed by atoms with E-state index in [0.29, 0.717) is 13.2 Å². The Hall–Kier alpha value is -0.998. The molecule has 10 nitrogen and oxygen atoms in total. The van der Waals surface area contributed by atoms with Gasteiger partial charge < -0.3 is 9.47 Å². The molecule has 2 heterocycles. The molecule has 0 bridgehead atoms. The fraction of sp³-hybridized carbons (Fsp3) is 0.895. The van der Waals surface area contributed by atoms with Gasteiger partial charge in [-0.25, -0.2) is 9.98 Å². The number of hydrogen-bond acceptors (Lipinski definition) is 8. The summed E-state index contributed by atoms with van der Waals surface area (Å²) < 4.78 is 127. The summed E-state index contributed by atoms with van der Waals surface area (Å²) in [6.07, 6.45) is 0. The maximum atomic E-state index is 10.7. The third kappa shape index (κ3) is 11.6. The van der Waals surface area contributed by atoms with Gasteiger partial charge in [-0.05, 0) is 24.7 Å². The maximum absolute atomic E-state index is 10.7. The summed E-state index contributed by atoms with van der Waals surface area (Å²) in [5.41, 5.74) is -11.2. The Morgan fingerprint density at radius 3 is 1.00 bits per heavy atom. The van der Waals surface area contributed by atoms with Gasteiger partial charge in [0, 0.05) is 20.4 Å². The van der Waals surface area contributed by atoms with Crippen molar-refractivity contribution in [3.8, 4) is 0 Å². The molecule has 0 amide bonds. The first-order valence-electron chi connectivity index (χ1n) is 10.4. The van der Waals surface area contributed by atoms with Crippen LogP contribution in [0.2, 0.25) is 0 Å². The van der Waals surface area contributed by atoms with Crippen molar-refractivity contribution >= 4 is 32.0 Å². The zero-order chi connectivity index (χ0) is 30.1. The van der Waals surface area contributed by atoms with E-state index in [1.165, 1.54) is 0 Å². The third-order valence-electron chi connectivity index (χ3n) is 4.96. The van der Waals surface area contributed by atoms with Crippen molar-refractivity contribution in [2.45, 2.75) is 78.5 Å². The minimum Gasteiger partial charge on any atom is -0.478 e. The van der Waals surface area contributed by atoms with Crippen LogP contribution >= 0.6 is 0 Å². The summed E-state index contributed by atoms with van der Waals surface area (Å²) in [6, 6.07) is 0.402. The summed E-state index contributed by atoms with van der Waals surface area (Å²) in [5.74, 6) is 1.52. The van der Waals surface area contributed by atoms with Crippen molar-refractivity contribution < 1.29 is 82.2 Å². The van der Waals surface area contributed by atoms with E-state index in [1.54, 1.807) is 0 Å². The van der Waals surface area contributed by atoms with Crippen molar-refractivity contribution in [1.82, 2.24) is 0 Å². The summed E-state index contributed by atoms with van der Waals surface area (Å²) in [7, 11) is -11.7. The first-order valence-corrected chi connectivity index (χ1v) is 13.3. The molecule has 0 aromatic heterocycles. The fourth-order valence-electron chi connectivity index (χ4n) is 2.41. The number of hydrogen-bond donors (Lipinski definition) is 2. The molecule has 230 valence electrons. The van der Waals surface area contributed by atoms with E-state index >= 15 is 0 Å². The minimum atomic E-state index is -5.84. The van der Waals surface area contributed by atoms with Crippen LogP contribution in [0, 0.1) is 16.2 Å². The zero-order valence-corrected chi connectivity index (χ0v) is 24.9. The van der Waals surface area contributed by atoms with E-state index in [1.807, 2.05) is 0 Å². The van der Waals surface area contributed by atoms with Gasteiger partial charge in [-0.1, -0.05) is 41.5 Å². The van der Waals surface area contributed by atoms with Gasteiger partial charge in [0.25, 0.3) is 0 Å². The van der Waals surface area contributed by atoms with Crippen molar-refractivity contribution in [3.63, 3.8) is 0 Å². The normalized spacial score (nSPS) is 20.8. The second-order valence-electron chi connectivity index (χ2n) is 10.7. The molecule has 0 saturated heterocycles. The molecule has 19 heteroatoms. The molecular weight excluding hydrogens is 669 g/mol. The Bertz CT molecular complexity index is 990. The Morgan fingerprint density at radius 2 is 0.868 bits per heavy atom. The number of aliphatic imine (C=N–C) groups is 2. The van der Waals surface area contributed by atoms with Gasteiger partial charge in [0.05, 0.1) is 12.1 Å². The largest absolute Gasteiger partial charge is 0.522 e. The van der Waals surface area contributed by atoms with Crippen LogP contribution in [0.1, 0.15) is 55.4 Å². The molecule has 2 aliphatic heterocycles. The molecular formula is C19H32F6N2O8PdS2. The summed E-state index contributed by atoms with van der Waals surface area (Å²) in [5, 5.41) is 0. The topological polar surface area (TPSA) is 152 Å². The number of nitrogens with zero attached hydrogens (tertiary/aromatic N) is 2. The molecule has 0 saturated carbocycles. The van der Waals surface area contributed by atoms with Crippen LogP contribution in [0.15, 0.2) is 9.98 Å². The smallest absolute Gasteiger partial charge is 0.478 e. The van der Waals surface area contributed by atoms with Gasteiger partial charge in [-0.15, -0.1) is 0 Å². The van der Waals surface area contributed by atoms with E-state index in [4.69, 9.17) is 45.4 Å². The Kier molecular flexibility index (Phi) is 13.1. The monoisotopic (exact) mass is 700 g/mol. The predicted octanol–water partition coefficient (Wildman–Crippen LogP) is 4.48. The second kappa shape index (κ2) is 12.7. The maximum Gasteiger partial charge on any atom is 0.522 e. The van der Waals surface area contributed by atoms with Gasteiger partial charge >= 0.3 is 31.3 Å². The Morgan fingerprint density at radius 1 is 0.658 bits per heavy atom. The predicted molar refractivity (Wildman–Crippen MR) is 122 cm³/mol. The van der Waals surface area contributed by atoms with Gasteiger partial charge in [-0.2, -0.15) is 43.2 Å². The number of alkyl halides is 6. The molecule has 2 rings (SSSR count). The van der Waals surface area contributed by atoms with Crippen molar-refractivity contribution in [1.29, 1.82) is 0 Å². The van der Waals surface area contributed by atoms with Gasteiger partial charge in [-0.3, -0.25) is 9.11 Å². The quantitative estimate of drug-likeness (QED) is 0.185. The summed E-state index contributed by atoms with van der Waals surface area (Å²) in [4.78, 5) is 9.59. The van der Waals surface area contributed by atoms with Gasteiger partial charge in [0.2, 0.25) is 0 Å². The Balaban J connectivity index is 0. The Labute approximate surface area is 231 Å². The summed E-state index contributed by atoms with van der Waals surface area (Å²) in [6.45, 7) is 18.6. The van der Waals surface area contributed by atoms with E-state index in [-0.39, 0.29) is 48.8 Å². The SMILES string of the molecule is CC(C)(C1=N[C@@H](C(C)(C)C)CO1)C1=N[C@@H](C(C)(C)C)CO1.O=S(=O)(O)C(F)(F)F.O=S(=O)(O)C(F)(F)F.[Pd]. The van der Waals surface area contributed by atoms with Crippen LogP contribution in [-0.4, -0.2) is 74.1 Å². The standard InChI is InChI=1S/C17H30N2O2.2CHF3O3S.Pd/c1-15(2,3)11-9-20-13(18-11)17(7,8)14-19-12(10-21-14)16(4,5)6;2*2-1(3,4)8(5,6)7;/h11-12H,9-10H2,1-8H3;2*(H,5,6,7);/t11-,12-;;;/m1.../s1. The van der Waals surface area contributed by atoms with Crippen LogP contribution < -0.4 is 0 Å². The molecule has 2 aliphatic rings.